The molecule has 0 atom stereocenters. The van der Waals surface area contributed by atoms with Gasteiger partial charge in [0.15, 0.2) is 5.13 Å². The van der Waals surface area contributed by atoms with E-state index in [-0.39, 0.29) is 29.8 Å². The quantitative estimate of drug-likeness (QED) is 0.173. The van der Waals surface area contributed by atoms with E-state index in [1.54, 1.807) is 4.90 Å². The zero-order valence-corrected chi connectivity index (χ0v) is 23.3. The van der Waals surface area contributed by atoms with Crippen molar-refractivity contribution in [3.63, 3.8) is 0 Å². The maximum absolute atomic E-state index is 13.2. The van der Waals surface area contributed by atoms with Crippen molar-refractivity contribution in [1.29, 1.82) is 0 Å². The van der Waals surface area contributed by atoms with Gasteiger partial charge in [-0.15, -0.1) is 0 Å². The van der Waals surface area contributed by atoms with Crippen LogP contribution in [0.5, 0.6) is 0 Å². The van der Waals surface area contributed by atoms with Crippen LogP contribution in [0.25, 0.3) is 10.2 Å². The Labute approximate surface area is 244 Å². The van der Waals surface area contributed by atoms with E-state index >= 15 is 0 Å². The Balaban J connectivity index is 1.09. The number of rotatable bonds is 6. The number of nitro benzene ring substituents is 1. The van der Waals surface area contributed by atoms with Gasteiger partial charge in [0, 0.05) is 38.0 Å². The molecule has 1 saturated heterocycles. The molecule has 1 aliphatic carbocycles. The van der Waals surface area contributed by atoms with Gasteiger partial charge in [-0.1, -0.05) is 11.3 Å². The molecular weight excluding hydrogens is 604 g/mol. The van der Waals surface area contributed by atoms with E-state index < -0.39 is 34.1 Å². The van der Waals surface area contributed by atoms with Crippen molar-refractivity contribution in [2.75, 3.05) is 37.7 Å². The minimum Gasteiger partial charge on any atom is -0.368 e. The Hall–Kier alpha value is -3.79. The van der Waals surface area contributed by atoms with E-state index in [4.69, 9.17) is 4.74 Å². The molecule has 16 heteroatoms. The summed E-state index contributed by atoms with van der Waals surface area (Å²) in [5.74, 6) is -0.191. The van der Waals surface area contributed by atoms with Crippen molar-refractivity contribution < 1.29 is 40.8 Å². The topological polar surface area (TPSA) is 101 Å². The maximum Gasteiger partial charge on any atom is 0.423 e. The number of carbonyl (C=O) groups is 1. The van der Waals surface area contributed by atoms with E-state index in [9.17, 15) is 41.3 Å². The standard InChI is InChI=1S/C27H25F6N5O4S/c28-26(29,30)16-1-8-23-21(13-16)35-25(43-23)37-11-9-36(10-12-37)24(39)15-42-19-5-2-17(3-6-19)34-18-4-7-22(38(40)41)20(14-18)27(31,32)33/h1,4,7-8,13-14,19H,2-3,5-6,9-12,15H2. The van der Waals surface area contributed by atoms with Crippen LogP contribution in [0.4, 0.5) is 42.8 Å². The number of thiazole rings is 1. The maximum atomic E-state index is 13.2. The SMILES string of the molecule is O=C(COC1CCC(=Nc2ccc([N+](=O)[O-])c(C(F)(F)F)c2)CC1)N1CCN(c2nc3cc(C(F)(F)F)ccc3s2)CC1. The average Bonchev–Trinajstić information content (AvgIpc) is 3.39. The van der Waals surface area contributed by atoms with Crippen LogP contribution in [-0.4, -0.2) is 65.3 Å². The van der Waals surface area contributed by atoms with Crippen molar-refractivity contribution in [3.05, 3.63) is 57.6 Å². The molecule has 0 spiro atoms. The van der Waals surface area contributed by atoms with Crippen LogP contribution in [0.15, 0.2) is 41.4 Å². The Morgan fingerprint density at radius 3 is 2.35 bits per heavy atom. The van der Waals surface area contributed by atoms with Gasteiger partial charge in [0.1, 0.15) is 12.2 Å². The number of aromatic nitrogens is 1. The van der Waals surface area contributed by atoms with Crippen molar-refractivity contribution >= 4 is 49.7 Å². The van der Waals surface area contributed by atoms with E-state index in [1.165, 1.54) is 23.5 Å². The lowest BCUT2D eigenvalue weighted by molar-refractivity contribution is -0.388. The lowest BCUT2D eigenvalue weighted by atomic mass is 9.95. The molecule has 2 aromatic carbocycles. The summed E-state index contributed by atoms with van der Waals surface area (Å²) in [5, 5.41) is 11.5. The largest absolute Gasteiger partial charge is 0.423 e. The fourth-order valence-corrected chi connectivity index (χ4v) is 6.02. The number of hydrogen-bond donors (Lipinski definition) is 0. The number of halogens is 6. The third kappa shape index (κ3) is 7.24. The molecule has 43 heavy (non-hydrogen) atoms. The molecule has 0 bridgehead atoms. The molecule has 9 nitrogen and oxygen atoms in total. The zero-order valence-electron chi connectivity index (χ0n) is 22.5. The molecule has 0 unspecified atom stereocenters. The number of anilines is 1. The van der Waals surface area contributed by atoms with E-state index in [0.717, 1.165) is 18.2 Å². The lowest BCUT2D eigenvalue weighted by Crippen LogP contribution is -2.50. The number of fused-ring (bicyclic) bond motifs is 1. The number of piperazine rings is 1. The summed E-state index contributed by atoms with van der Waals surface area (Å²) in [4.78, 5) is 34.8. The summed E-state index contributed by atoms with van der Waals surface area (Å²) in [5.41, 5.74) is -2.22. The first-order chi connectivity index (χ1) is 20.3. The van der Waals surface area contributed by atoms with Gasteiger partial charge >= 0.3 is 12.4 Å². The Kier molecular flexibility index (Phi) is 8.61. The summed E-state index contributed by atoms with van der Waals surface area (Å²) < 4.78 is 85.2. The first-order valence-electron chi connectivity index (χ1n) is 13.3. The van der Waals surface area contributed by atoms with Crippen molar-refractivity contribution in [3.8, 4) is 0 Å². The normalized spacial score (nSPS) is 18.3. The first-order valence-corrected chi connectivity index (χ1v) is 14.1. The molecule has 230 valence electrons. The Morgan fingerprint density at radius 2 is 1.72 bits per heavy atom. The number of carbonyl (C=O) groups excluding carboxylic acids is 1. The lowest BCUT2D eigenvalue weighted by Gasteiger charge is -2.35. The molecule has 0 N–H and O–H groups in total. The third-order valence-corrected chi connectivity index (χ3v) is 8.43. The number of nitro groups is 1. The van der Waals surface area contributed by atoms with Crippen LogP contribution in [-0.2, 0) is 21.9 Å². The van der Waals surface area contributed by atoms with Gasteiger partial charge in [0.05, 0.1) is 32.5 Å². The fourth-order valence-electron chi connectivity index (χ4n) is 5.02. The molecule has 2 fully saturated rings. The van der Waals surface area contributed by atoms with Crippen molar-refractivity contribution in [2.24, 2.45) is 4.99 Å². The second-order valence-electron chi connectivity index (χ2n) is 10.2. The predicted molar refractivity (Wildman–Crippen MR) is 147 cm³/mol. The molecule has 2 aliphatic rings. The highest BCUT2D eigenvalue weighted by molar-refractivity contribution is 7.22. The molecule has 2 heterocycles. The van der Waals surface area contributed by atoms with Gasteiger partial charge in [-0.05, 0) is 56.0 Å². The van der Waals surface area contributed by atoms with Gasteiger partial charge in [-0.2, -0.15) is 26.3 Å². The van der Waals surface area contributed by atoms with Crippen molar-refractivity contribution in [2.45, 2.75) is 44.1 Å². The minimum absolute atomic E-state index is 0.0153. The number of nitrogens with zero attached hydrogens (tertiary/aromatic N) is 5. The molecule has 1 aromatic heterocycles. The molecule has 3 aromatic rings. The summed E-state index contributed by atoms with van der Waals surface area (Å²) in [6.45, 7) is 1.63. The highest BCUT2D eigenvalue weighted by Gasteiger charge is 2.38. The van der Waals surface area contributed by atoms with E-state index in [0.29, 0.717) is 73.5 Å². The molecular formula is C27H25F6N5O4S. The van der Waals surface area contributed by atoms with Crippen LogP contribution < -0.4 is 4.90 Å². The number of benzene rings is 2. The van der Waals surface area contributed by atoms with Crippen LogP contribution in [0.2, 0.25) is 0 Å². The van der Waals surface area contributed by atoms with Crippen LogP contribution in [0.3, 0.4) is 0 Å². The summed E-state index contributed by atoms with van der Waals surface area (Å²) in [6, 6.07) is 6.14. The van der Waals surface area contributed by atoms with Gasteiger partial charge in [-0.25, -0.2) is 4.98 Å². The summed E-state index contributed by atoms with van der Waals surface area (Å²) in [7, 11) is 0. The second kappa shape index (κ2) is 12.1. The second-order valence-corrected chi connectivity index (χ2v) is 11.2. The number of aliphatic imine (C=N–C) groups is 1. The predicted octanol–water partition coefficient (Wildman–Crippen LogP) is 6.62. The van der Waals surface area contributed by atoms with Gasteiger partial charge in [0.25, 0.3) is 5.69 Å². The van der Waals surface area contributed by atoms with E-state index in [1.807, 2.05) is 4.90 Å². The highest BCUT2D eigenvalue weighted by Crippen LogP contribution is 2.39. The summed E-state index contributed by atoms with van der Waals surface area (Å²) >= 11 is 1.30. The fraction of sp³-hybridized carbons (Fsp3) is 0.444. The minimum atomic E-state index is -4.89. The molecule has 0 radical (unpaired) electrons. The number of hydrogen-bond acceptors (Lipinski definition) is 8. The van der Waals surface area contributed by atoms with Gasteiger partial charge < -0.3 is 14.5 Å². The molecule has 1 aliphatic heterocycles. The van der Waals surface area contributed by atoms with Crippen molar-refractivity contribution in [1.82, 2.24) is 9.88 Å². The molecule has 1 saturated carbocycles. The van der Waals surface area contributed by atoms with Crippen LogP contribution >= 0.6 is 11.3 Å². The Bertz CT molecular complexity index is 1540. The van der Waals surface area contributed by atoms with Crippen LogP contribution in [0.1, 0.15) is 36.8 Å². The molecule has 5 rings (SSSR count). The van der Waals surface area contributed by atoms with Gasteiger partial charge in [-0.3, -0.25) is 19.9 Å². The summed E-state index contributed by atoms with van der Waals surface area (Å²) in [6.07, 6.45) is -7.62. The monoisotopic (exact) mass is 629 g/mol. The highest BCUT2D eigenvalue weighted by atomic mass is 32.1. The smallest absolute Gasteiger partial charge is 0.368 e. The average molecular weight is 630 g/mol. The zero-order chi connectivity index (χ0) is 30.9. The first kappa shape index (κ1) is 30.7. The number of ether oxygens (including phenoxy) is 1. The Morgan fingerprint density at radius 1 is 1.02 bits per heavy atom. The third-order valence-electron chi connectivity index (χ3n) is 7.33. The number of alkyl halides is 6. The number of amides is 1. The van der Waals surface area contributed by atoms with Gasteiger partial charge in [0.2, 0.25) is 5.91 Å². The van der Waals surface area contributed by atoms with E-state index in [2.05, 4.69) is 9.98 Å². The van der Waals surface area contributed by atoms with Crippen LogP contribution in [0, 0.1) is 10.1 Å². The molecule has 1 amide bonds.